The van der Waals surface area contributed by atoms with Crippen molar-refractivity contribution in [3.8, 4) is 0 Å². The van der Waals surface area contributed by atoms with Crippen molar-refractivity contribution >= 4 is 33.2 Å². The maximum Gasteiger partial charge on any atom is 0.140 e. The molecule has 5 heteroatoms. The number of rotatable bonds is 10. The Morgan fingerprint density at radius 2 is 2.00 bits per heavy atom. The van der Waals surface area contributed by atoms with Crippen LogP contribution in [0.3, 0.4) is 0 Å². The molecular formula is C14H19NO2S2. The van der Waals surface area contributed by atoms with E-state index in [1.807, 2.05) is 25.1 Å². The molecule has 0 saturated carbocycles. The third-order valence-corrected chi connectivity index (χ3v) is 4.74. The predicted molar refractivity (Wildman–Crippen MR) is 81.3 cm³/mol. The molecule has 0 atom stereocenters. The molecule has 0 fully saturated rings. The van der Waals surface area contributed by atoms with Gasteiger partial charge in [-0.05, 0) is 35.8 Å². The zero-order valence-corrected chi connectivity index (χ0v) is 12.8. The Morgan fingerprint density at radius 3 is 2.68 bits per heavy atom. The minimum atomic E-state index is 0.0712. The lowest BCUT2D eigenvalue weighted by Crippen LogP contribution is -2.07. The summed E-state index contributed by atoms with van der Waals surface area (Å²) in [4.78, 5) is 27.0. The standard InChI is InChI=1S/C14H19NO2S2/c1-2-6-12(16)11-13(17)7-5-10-18-19-14-8-3-4-9-15-14/h3-4,8-9H,2,5-7,10-11H2,1H3. The molecule has 1 heterocycles. The summed E-state index contributed by atoms with van der Waals surface area (Å²) < 4.78 is 0. The first kappa shape index (κ1) is 16.2. The van der Waals surface area contributed by atoms with Gasteiger partial charge < -0.3 is 0 Å². The fourth-order valence-electron chi connectivity index (χ4n) is 1.50. The number of pyridine rings is 1. The molecule has 0 unspecified atom stereocenters. The Morgan fingerprint density at radius 1 is 1.21 bits per heavy atom. The van der Waals surface area contributed by atoms with Crippen molar-refractivity contribution in [2.45, 2.75) is 44.1 Å². The normalized spacial score (nSPS) is 10.4. The van der Waals surface area contributed by atoms with E-state index in [0.29, 0.717) is 12.8 Å². The molecular weight excluding hydrogens is 278 g/mol. The molecule has 0 bridgehead atoms. The van der Waals surface area contributed by atoms with Gasteiger partial charge in [-0.1, -0.05) is 23.8 Å². The highest BCUT2D eigenvalue weighted by Crippen LogP contribution is 2.29. The molecule has 19 heavy (non-hydrogen) atoms. The Balaban J connectivity index is 2.04. The first-order valence-corrected chi connectivity index (χ1v) is 8.78. The highest BCUT2D eigenvalue weighted by Gasteiger charge is 2.08. The second kappa shape index (κ2) is 10.0. The lowest BCUT2D eigenvalue weighted by molar-refractivity contribution is -0.127. The van der Waals surface area contributed by atoms with Gasteiger partial charge in [-0.25, -0.2) is 4.98 Å². The van der Waals surface area contributed by atoms with Gasteiger partial charge in [-0.15, -0.1) is 0 Å². The molecule has 1 rings (SSSR count). The van der Waals surface area contributed by atoms with Gasteiger partial charge in [0.15, 0.2) is 0 Å². The highest BCUT2D eigenvalue weighted by molar-refractivity contribution is 8.76. The van der Waals surface area contributed by atoms with Crippen LogP contribution in [-0.2, 0) is 9.59 Å². The van der Waals surface area contributed by atoms with Crippen LogP contribution >= 0.6 is 21.6 Å². The van der Waals surface area contributed by atoms with Gasteiger partial charge in [0.05, 0.1) is 6.42 Å². The van der Waals surface area contributed by atoms with Crippen molar-refractivity contribution in [1.82, 2.24) is 4.98 Å². The Hall–Kier alpha value is -0.810. The lowest BCUT2D eigenvalue weighted by atomic mass is 10.1. The van der Waals surface area contributed by atoms with Crippen LogP contribution in [0, 0.1) is 0 Å². The second-order valence-corrected chi connectivity index (χ2v) is 6.62. The zero-order valence-electron chi connectivity index (χ0n) is 11.1. The molecule has 1 aromatic heterocycles. The summed E-state index contributed by atoms with van der Waals surface area (Å²) in [6, 6.07) is 5.81. The van der Waals surface area contributed by atoms with E-state index in [1.54, 1.807) is 27.8 Å². The smallest absolute Gasteiger partial charge is 0.140 e. The van der Waals surface area contributed by atoms with Gasteiger partial charge in [-0.3, -0.25) is 9.59 Å². The molecule has 0 N–H and O–H groups in total. The number of hydrogen-bond donors (Lipinski definition) is 0. The molecule has 0 spiro atoms. The second-order valence-electron chi connectivity index (χ2n) is 4.18. The quantitative estimate of drug-likeness (QED) is 0.372. The van der Waals surface area contributed by atoms with Crippen LogP contribution in [0.4, 0.5) is 0 Å². The van der Waals surface area contributed by atoms with Crippen molar-refractivity contribution in [2.24, 2.45) is 0 Å². The average molecular weight is 297 g/mol. The Kier molecular flexibility index (Phi) is 8.58. The average Bonchev–Trinajstić information content (AvgIpc) is 2.39. The Labute approximate surface area is 122 Å². The van der Waals surface area contributed by atoms with Gasteiger partial charge in [0.1, 0.15) is 16.6 Å². The van der Waals surface area contributed by atoms with Crippen molar-refractivity contribution in [3.63, 3.8) is 0 Å². The molecule has 0 aliphatic heterocycles. The third-order valence-electron chi connectivity index (χ3n) is 2.39. The number of nitrogens with zero attached hydrogens (tertiary/aromatic N) is 1. The van der Waals surface area contributed by atoms with Crippen LogP contribution in [0.5, 0.6) is 0 Å². The van der Waals surface area contributed by atoms with E-state index in [9.17, 15) is 9.59 Å². The van der Waals surface area contributed by atoms with Gasteiger partial charge in [0, 0.05) is 24.8 Å². The molecule has 0 aliphatic carbocycles. The minimum Gasteiger partial charge on any atom is -0.299 e. The summed E-state index contributed by atoms with van der Waals surface area (Å²) in [5.74, 6) is 1.04. The molecule has 0 radical (unpaired) electrons. The summed E-state index contributed by atoms with van der Waals surface area (Å²) >= 11 is 0. The monoisotopic (exact) mass is 297 g/mol. The molecule has 104 valence electrons. The van der Waals surface area contributed by atoms with Crippen LogP contribution < -0.4 is 0 Å². The molecule has 0 saturated heterocycles. The first-order valence-electron chi connectivity index (χ1n) is 6.46. The maximum absolute atomic E-state index is 11.5. The fraction of sp³-hybridized carbons (Fsp3) is 0.500. The van der Waals surface area contributed by atoms with E-state index in [4.69, 9.17) is 0 Å². The summed E-state index contributed by atoms with van der Waals surface area (Å²) in [6.45, 7) is 1.95. The number of Topliss-reactive ketones (excluding diaryl/α,β-unsaturated/α-hetero) is 2. The number of aromatic nitrogens is 1. The van der Waals surface area contributed by atoms with Crippen LogP contribution in [-0.4, -0.2) is 22.3 Å². The van der Waals surface area contributed by atoms with E-state index in [2.05, 4.69) is 4.98 Å². The number of carbonyl (C=O) groups excluding carboxylic acids is 2. The highest BCUT2D eigenvalue weighted by atomic mass is 33.1. The molecule has 0 aliphatic rings. The van der Waals surface area contributed by atoms with Gasteiger partial charge in [-0.2, -0.15) is 0 Å². The zero-order chi connectivity index (χ0) is 13.9. The maximum atomic E-state index is 11.5. The largest absolute Gasteiger partial charge is 0.299 e. The molecule has 0 amide bonds. The Bertz CT molecular complexity index is 396. The summed E-state index contributed by atoms with van der Waals surface area (Å²) in [7, 11) is 3.32. The minimum absolute atomic E-state index is 0.0712. The first-order chi connectivity index (χ1) is 9.22. The van der Waals surface area contributed by atoms with Gasteiger partial charge in [0.25, 0.3) is 0 Å². The van der Waals surface area contributed by atoms with Gasteiger partial charge in [0.2, 0.25) is 0 Å². The SMILES string of the molecule is CCCC(=O)CC(=O)CCCSSc1ccccn1. The predicted octanol–water partition coefficient (Wildman–Crippen LogP) is 3.93. The van der Waals surface area contributed by atoms with Crippen LogP contribution in [0.15, 0.2) is 29.4 Å². The third kappa shape index (κ3) is 8.06. The topological polar surface area (TPSA) is 47.0 Å². The van der Waals surface area contributed by atoms with Crippen molar-refractivity contribution in [3.05, 3.63) is 24.4 Å². The van der Waals surface area contributed by atoms with Crippen LogP contribution in [0.2, 0.25) is 0 Å². The summed E-state index contributed by atoms with van der Waals surface area (Å²) in [5, 5.41) is 0.983. The molecule has 3 nitrogen and oxygen atoms in total. The van der Waals surface area contributed by atoms with Crippen molar-refractivity contribution < 1.29 is 9.59 Å². The van der Waals surface area contributed by atoms with Crippen molar-refractivity contribution in [1.29, 1.82) is 0 Å². The van der Waals surface area contributed by atoms with E-state index >= 15 is 0 Å². The van der Waals surface area contributed by atoms with Crippen molar-refractivity contribution in [2.75, 3.05) is 5.75 Å². The number of carbonyl (C=O) groups is 2. The number of hydrogen-bond acceptors (Lipinski definition) is 5. The lowest BCUT2D eigenvalue weighted by Gasteiger charge is -2.01. The number of ketones is 2. The summed E-state index contributed by atoms with van der Waals surface area (Å²) in [6.07, 6.45) is 4.56. The van der Waals surface area contributed by atoms with E-state index in [1.165, 1.54) is 0 Å². The van der Waals surface area contributed by atoms with E-state index < -0.39 is 0 Å². The van der Waals surface area contributed by atoms with E-state index in [0.717, 1.165) is 23.6 Å². The molecule has 0 aromatic carbocycles. The van der Waals surface area contributed by atoms with Crippen LogP contribution in [0.25, 0.3) is 0 Å². The fourth-order valence-corrected chi connectivity index (χ4v) is 3.47. The molecule has 1 aromatic rings. The van der Waals surface area contributed by atoms with E-state index in [-0.39, 0.29) is 18.0 Å². The summed E-state index contributed by atoms with van der Waals surface area (Å²) in [5.41, 5.74) is 0. The van der Waals surface area contributed by atoms with Gasteiger partial charge >= 0.3 is 0 Å². The van der Waals surface area contributed by atoms with Crippen LogP contribution in [0.1, 0.15) is 39.0 Å².